The molecule has 2 heterocycles. The Labute approximate surface area is 218 Å². The molecule has 1 amide bonds. The molecule has 0 aromatic heterocycles. The molecule has 0 saturated carbocycles. The van der Waals surface area contributed by atoms with Gasteiger partial charge >= 0.3 is 12.1 Å². The number of hydrogen-bond acceptors (Lipinski definition) is 7. The summed E-state index contributed by atoms with van der Waals surface area (Å²) >= 11 is 0. The van der Waals surface area contributed by atoms with E-state index in [2.05, 4.69) is 45.9 Å². The maximum Gasteiger partial charge on any atom is 0.407 e. The Bertz CT molecular complexity index is 753. The van der Waals surface area contributed by atoms with Gasteiger partial charge in [0.2, 0.25) is 0 Å². The van der Waals surface area contributed by atoms with E-state index in [0.717, 1.165) is 38.5 Å². The van der Waals surface area contributed by atoms with E-state index < -0.39 is 5.60 Å². The summed E-state index contributed by atoms with van der Waals surface area (Å²) in [6.07, 6.45) is 2.09. The highest BCUT2D eigenvalue weighted by molar-refractivity contribution is 5.67. The minimum atomic E-state index is -0.405. The molecule has 3 rings (SSSR count). The number of carbonyl (C=O) groups excluding carboxylic acids is 2. The van der Waals surface area contributed by atoms with Gasteiger partial charge < -0.3 is 25.8 Å². The normalized spacial score (nSPS) is 19.9. The van der Waals surface area contributed by atoms with Gasteiger partial charge in [0.15, 0.2) is 0 Å². The molecule has 0 radical (unpaired) electrons. The molecule has 2 saturated heterocycles. The van der Waals surface area contributed by atoms with E-state index in [-0.39, 0.29) is 17.7 Å². The number of benzene rings is 1. The van der Waals surface area contributed by atoms with Gasteiger partial charge in [0.1, 0.15) is 11.2 Å². The molecule has 2 aliphatic heterocycles. The average Bonchev–Trinajstić information content (AvgIpc) is 3.43. The summed E-state index contributed by atoms with van der Waals surface area (Å²) in [7, 11) is 0. The predicted molar refractivity (Wildman–Crippen MR) is 146 cm³/mol. The molecular formula is C28H50N4O4. The summed E-state index contributed by atoms with van der Waals surface area (Å²) < 4.78 is 9.93. The fourth-order valence-electron chi connectivity index (χ4n) is 3.95. The third kappa shape index (κ3) is 16.5. The summed E-state index contributed by atoms with van der Waals surface area (Å²) in [6, 6.07) is 10.7. The number of amides is 1. The zero-order valence-electron chi connectivity index (χ0n) is 23.6. The fourth-order valence-corrected chi connectivity index (χ4v) is 3.95. The molecular weight excluding hydrogens is 456 g/mol. The van der Waals surface area contributed by atoms with Gasteiger partial charge in [-0.1, -0.05) is 30.3 Å². The van der Waals surface area contributed by atoms with E-state index >= 15 is 0 Å². The van der Waals surface area contributed by atoms with Crippen molar-refractivity contribution in [3.8, 4) is 0 Å². The molecule has 2 atom stereocenters. The second-order valence-corrected chi connectivity index (χ2v) is 11.6. The van der Waals surface area contributed by atoms with Gasteiger partial charge in [-0.05, 0) is 98.0 Å². The number of hydrogen-bond donors (Lipinski definition) is 3. The monoisotopic (exact) mass is 506 g/mol. The first-order valence-electron chi connectivity index (χ1n) is 13.1. The zero-order valence-corrected chi connectivity index (χ0v) is 23.6. The number of esters is 1. The molecule has 8 heteroatoms. The van der Waals surface area contributed by atoms with E-state index in [1.807, 2.05) is 41.5 Å². The Kier molecular flexibility index (Phi) is 14.0. The van der Waals surface area contributed by atoms with Crippen molar-refractivity contribution in [3.05, 3.63) is 35.9 Å². The largest absolute Gasteiger partial charge is 0.460 e. The number of carbonyl (C=O) groups is 2. The number of nitrogens with two attached hydrogens (primary N) is 1. The van der Waals surface area contributed by atoms with Crippen LogP contribution in [0, 0.1) is 11.8 Å². The van der Waals surface area contributed by atoms with Crippen LogP contribution in [0.2, 0.25) is 0 Å². The first kappa shape index (κ1) is 31.9. The fraction of sp³-hybridized carbons (Fsp3) is 0.714. The van der Waals surface area contributed by atoms with Crippen molar-refractivity contribution in [2.45, 2.75) is 79.1 Å². The van der Waals surface area contributed by atoms with E-state index in [4.69, 9.17) is 15.2 Å². The van der Waals surface area contributed by atoms with Crippen LogP contribution in [0.4, 0.5) is 4.79 Å². The van der Waals surface area contributed by atoms with E-state index in [9.17, 15) is 9.59 Å². The van der Waals surface area contributed by atoms with Crippen LogP contribution in [0.25, 0.3) is 0 Å². The lowest BCUT2D eigenvalue weighted by Gasteiger charge is -2.20. The Hall–Kier alpha value is -2.16. The van der Waals surface area contributed by atoms with Gasteiger partial charge in [-0.3, -0.25) is 9.69 Å². The lowest BCUT2D eigenvalue weighted by atomic mass is 10.1. The number of ether oxygens (including phenoxy) is 2. The summed E-state index contributed by atoms with van der Waals surface area (Å²) in [5, 5.41) is 6.03. The summed E-state index contributed by atoms with van der Waals surface area (Å²) in [5.41, 5.74) is 6.34. The van der Waals surface area contributed by atoms with Crippen molar-refractivity contribution in [1.82, 2.24) is 15.5 Å². The van der Waals surface area contributed by atoms with Crippen molar-refractivity contribution < 1.29 is 19.1 Å². The number of nitrogens with one attached hydrogen (secondary N) is 2. The second-order valence-electron chi connectivity index (χ2n) is 11.6. The zero-order chi connectivity index (χ0) is 27.2. The molecule has 2 unspecified atom stereocenters. The second kappa shape index (κ2) is 15.8. The van der Waals surface area contributed by atoms with Gasteiger partial charge in [-0.25, -0.2) is 4.79 Å². The number of likely N-dealkylation sites (tertiary alicyclic amines) is 1. The molecule has 0 aliphatic carbocycles. The SMILES string of the molecule is CC(=O)OC(C)(C)C.CC(C)(C)OC(=O)NCC1CCNC1.NCC1CCN(Cc2ccccc2)C1. The first-order chi connectivity index (χ1) is 16.8. The van der Waals surface area contributed by atoms with Crippen molar-refractivity contribution in [1.29, 1.82) is 0 Å². The van der Waals surface area contributed by atoms with Crippen LogP contribution >= 0.6 is 0 Å². The quantitative estimate of drug-likeness (QED) is 0.520. The average molecular weight is 507 g/mol. The van der Waals surface area contributed by atoms with Crippen LogP contribution in [0.3, 0.4) is 0 Å². The molecule has 206 valence electrons. The maximum absolute atomic E-state index is 11.3. The first-order valence-corrected chi connectivity index (χ1v) is 13.1. The van der Waals surface area contributed by atoms with Gasteiger partial charge in [0.05, 0.1) is 0 Å². The molecule has 2 aliphatic rings. The molecule has 0 spiro atoms. The van der Waals surface area contributed by atoms with E-state index in [0.29, 0.717) is 12.5 Å². The molecule has 36 heavy (non-hydrogen) atoms. The standard InChI is InChI=1S/C12H18N2.C10H20N2O2.C6H12O2/c13-8-12-6-7-14(10-12)9-11-4-2-1-3-5-11;1-10(2,3)14-9(13)12-7-8-4-5-11-6-8;1-5(7)8-6(2,3)4/h1-5,12H,6-10,13H2;8,11H,4-7H2,1-3H3,(H,12,13);1-4H3. The number of nitrogens with zero attached hydrogens (tertiary/aromatic N) is 1. The smallest absolute Gasteiger partial charge is 0.407 e. The van der Waals surface area contributed by atoms with Crippen molar-refractivity contribution >= 4 is 12.1 Å². The van der Waals surface area contributed by atoms with Crippen LogP contribution in [-0.2, 0) is 20.8 Å². The van der Waals surface area contributed by atoms with Gasteiger partial charge in [-0.15, -0.1) is 0 Å². The minimum absolute atomic E-state index is 0.225. The molecule has 1 aromatic carbocycles. The van der Waals surface area contributed by atoms with Gasteiger partial charge in [0.25, 0.3) is 0 Å². The van der Waals surface area contributed by atoms with Crippen LogP contribution in [0.1, 0.15) is 66.9 Å². The highest BCUT2D eigenvalue weighted by atomic mass is 16.6. The van der Waals surface area contributed by atoms with Crippen LogP contribution in [0.5, 0.6) is 0 Å². The third-order valence-electron chi connectivity index (χ3n) is 5.50. The summed E-state index contributed by atoms with van der Waals surface area (Å²) in [4.78, 5) is 24.0. The topological polar surface area (TPSA) is 106 Å². The minimum Gasteiger partial charge on any atom is -0.460 e. The lowest BCUT2D eigenvalue weighted by Crippen LogP contribution is -2.35. The third-order valence-corrected chi connectivity index (χ3v) is 5.50. The van der Waals surface area contributed by atoms with Crippen LogP contribution < -0.4 is 16.4 Å². The Morgan fingerprint density at radius 1 is 1.03 bits per heavy atom. The Morgan fingerprint density at radius 3 is 2.11 bits per heavy atom. The highest BCUT2D eigenvalue weighted by Crippen LogP contribution is 2.17. The van der Waals surface area contributed by atoms with Gasteiger partial charge in [-0.2, -0.15) is 0 Å². The Balaban J connectivity index is 0.000000282. The van der Waals surface area contributed by atoms with E-state index in [1.165, 1.54) is 32.0 Å². The van der Waals surface area contributed by atoms with Gasteiger partial charge in [0, 0.05) is 26.6 Å². The molecule has 2 fully saturated rings. The number of alkyl carbamates (subject to hydrolysis) is 1. The molecule has 8 nitrogen and oxygen atoms in total. The van der Waals surface area contributed by atoms with Crippen LogP contribution in [0.15, 0.2) is 30.3 Å². The Morgan fingerprint density at radius 2 is 1.67 bits per heavy atom. The van der Waals surface area contributed by atoms with Crippen LogP contribution in [-0.4, -0.2) is 67.4 Å². The summed E-state index contributed by atoms with van der Waals surface area (Å²) in [5.74, 6) is 1.05. The van der Waals surface area contributed by atoms with Crippen molar-refractivity contribution in [3.63, 3.8) is 0 Å². The van der Waals surface area contributed by atoms with Crippen molar-refractivity contribution in [2.75, 3.05) is 39.3 Å². The lowest BCUT2D eigenvalue weighted by molar-refractivity contribution is -0.151. The maximum atomic E-state index is 11.3. The predicted octanol–water partition coefficient (Wildman–Crippen LogP) is 3.94. The molecule has 0 bridgehead atoms. The summed E-state index contributed by atoms with van der Waals surface area (Å²) in [6.45, 7) is 19.6. The molecule has 1 aromatic rings. The highest BCUT2D eigenvalue weighted by Gasteiger charge is 2.21. The van der Waals surface area contributed by atoms with Crippen molar-refractivity contribution in [2.24, 2.45) is 17.6 Å². The molecule has 4 N–H and O–H groups in total. The van der Waals surface area contributed by atoms with E-state index in [1.54, 1.807) is 0 Å². The number of rotatable bonds is 5.